The zero-order valence-electron chi connectivity index (χ0n) is 9.80. The van der Waals surface area contributed by atoms with E-state index in [2.05, 4.69) is 27.4 Å². The molecule has 0 radical (unpaired) electrons. The van der Waals surface area contributed by atoms with E-state index in [4.69, 9.17) is 5.73 Å². The molecule has 0 bridgehead atoms. The van der Waals surface area contributed by atoms with E-state index in [-0.39, 0.29) is 6.04 Å². The van der Waals surface area contributed by atoms with Gasteiger partial charge in [0.05, 0.1) is 0 Å². The first-order valence-electron chi connectivity index (χ1n) is 5.61. The van der Waals surface area contributed by atoms with Crippen LogP contribution in [0.5, 0.6) is 0 Å². The molecule has 0 spiro atoms. The maximum atomic E-state index is 5.79. The maximum absolute atomic E-state index is 5.79. The van der Waals surface area contributed by atoms with Crippen molar-refractivity contribution >= 4 is 5.95 Å². The first kappa shape index (κ1) is 11.5. The Hall–Kier alpha value is -1.94. The van der Waals surface area contributed by atoms with Crippen molar-refractivity contribution in [3.05, 3.63) is 53.9 Å². The van der Waals surface area contributed by atoms with E-state index in [1.165, 1.54) is 5.56 Å². The third-order valence-corrected chi connectivity index (χ3v) is 2.52. The van der Waals surface area contributed by atoms with Gasteiger partial charge in [-0.15, -0.1) is 0 Å². The summed E-state index contributed by atoms with van der Waals surface area (Å²) in [5.74, 6) is 0.642. The Morgan fingerprint density at radius 3 is 2.41 bits per heavy atom. The van der Waals surface area contributed by atoms with Crippen molar-refractivity contribution in [2.24, 2.45) is 5.73 Å². The molecule has 1 unspecified atom stereocenters. The van der Waals surface area contributed by atoms with Crippen molar-refractivity contribution in [2.75, 3.05) is 5.32 Å². The molecule has 1 atom stereocenters. The molecule has 0 aliphatic rings. The number of hydrogen-bond acceptors (Lipinski definition) is 4. The van der Waals surface area contributed by atoms with E-state index in [0.717, 1.165) is 5.56 Å². The Balaban J connectivity index is 1.96. The molecule has 0 saturated carbocycles. The lowest BCUT2D eigenvalue weighted by molar-refractivity contribution is 0.817. The highest BCUT2D eigenvalue weighted by atomic mass is 15.1. The van der Waals surface area contributed by atoms with Gasteiger partial charge in [-0.25, -0.2) is 9.97 Å². The van der Waals surface area contributed by atoms with Crippen LogP contribution in [0.25, 0.3) is 0 Å². The summed E-state index contributed by atoms with van der Waals surface area (Å²) < 4.78 is 0. The highest BCUT2D eigenvalue weighted by molar-refractivity contribution is 5.29. The van der Waals surface area contributed by atoms with Crippen LogP contribution in [-0.4, -0.2) is 9.97 Å². The number of benzene rings is 1. The Morgan fingerprint density at radius 2 is 1.82 bits per heavy atom. The molecule has 2 rings (SSSR count). The molecule has 1 aromatic heterocycles. The number of nitrogens with zero attached hydrogens (tertiary/aromatic N) is 2. The second-order valence-electron chi connectivity index (χ2n) is 3.96. The monoisotopic (exact) mass is 228 g/mol. The lowest BCUT2D eigenvalue weighted by atomic mass is 10.1. The highest BCUT2D eigenvalue weighted by Crippen LogP contribution is 2.11. The Kier molecular flexibility index (Phi) is 3.67. The van der Waals surface area contributed by atoms with E-state index in [0.29, 0.717) is 12.5 Å². The predicted molar refractivity (Wildman–Crippen MR) is 68.4 cm³/mol. The van der Waals surface area contributed by atoms with E-state index < -0.39 is 0 Å². The first-order valence-corrected chi connectivity index (χ1v) is 5.61. The van der Waals surface area contributed by atoms with Gasteiger partial charge in [-0.1, -0.05) is 24.3 Å². The van der Waals surface area contributed by atoms with E-state index in [1.807, 2.05) is 19.1 Å². The molecule has 4 nitrogen and oxygen atoms in total. The standard InChI is InChI=1S/C13H16N4/c1-10(14)12-5-3-11(4-6-12)9-17-13-15-7-2-8-16-13/h2-8,10H,9,14H2,1H3,(H,15,16,17). The van der Waals surface area contributed by atoms with Gasteiger partial charge in [-0.05, 0) is 24.1 Å². The molecular formula is C13H16N4. The fourth-order valence-electron chi connectivity index (χ4n) is 1.51. The summed E-state index contributed by atoms with van der Waals surface area (Å²) in [6.45, 7) is 2.69. The van der Waals surface area contributed by atoms with E-state index >= 15 is 0 Å². The Labute approximate surface area is 101 Å². The topological polar surface area (TPSA) is 63.8 Å². The summed E-state index contributed by atoms with van der Waals surface area (Å²) in [5, 5.41) is 3.16. The minimum atomic E-state index is 0.0782. The summed E-state index contributed by atoms with van der Waals surface area (Å²) >= 11 is 0. The van der Waals surface area contributed by atoms with Gasteiger partial charge in [0.2, 0.25) is 5.95 Å². The molecule has 2 aromatic rings. The lowest BCUT2D eigenvalue weighted by Gasteiger charge is -2.07. The molecule has 4 heteroatoms. The zero-order valence-corrected chi connectivity index (χ0v) is 9.80. The zero-order chi connectivity index (χ0) is 12.1. The molecule has 0 aliphatic heterocycles. The predicted octanol–water partition coefficient (Wildman–Crippen LogP) is 2.11. The van der Waals surface area contributed by atoms with Crippen molar-refractivity contribution in [3.63, 3.8) is 0 Å². The average Bonchev–Trinajstić information content (AvgIpc) is 2.38. The molecule has 17 heavy (non-hydrogen) atoms. The van der Waals surface area contributed by atoms with Crippen molar-refractivity contribution in [2.45, 2.75) is 19.5 Å². The third kappa shape index (κ3) is 3.26. The van der Waals surface area contributed by atoms with Gasteiger partial charge in [-0.2, -0.15) is 0 Å². The van der Waals surface area contributed by atoms with Gasteiger partial charge in [0.1, 0.15) is 0 Å². The van der Waals surface area contributed by atoms with Gasteiger partial charge in [0.25, 0.3) is 0 Å². The molecule has 1 heterocycles. The molecule has 3 N–H and O–H groups in total. The number of aromatic nitrogens is 2. The van der Waals surface area contributed by atoms with Crippen LogP contribution in [0.1, 0.15) is 24.1 Å². The first-order chi connectivity index (χ1) is 8.25. The quantitative estimate of drug-likeness (QED) is 0.841. The molecule has 0 aliphatic carbocycles. The fraction of sp³-hybridized carbons (Fsp3) is 0.231. The summed E-state index contributed by atoms with van der Waals surface area (Å²) in [6.07, 6.45) is 3.43. The molecule has 88 valence electrons. The number of hydrogen-bond donors (Lipinski definition) is 2. The van der Waals surface area contributed by atoms with Crippen LogP contribution in [0.15, 0.2) is 42.7 Å². The van der Waals surface area contributed by atoms with Crippen molar-refractivity contribution in [3.8, 4) is 0 Å². The van der Waals surface area contributed by atoms with Crippen molar-refractivity contribution in [1.29, 1.82) is 0 Å². The van der Waals surface area contributed by atoms with Gasteiger partial charge in [0, 0.05) is 25.0 Å². The maximum Gasteiger partial charge on any atom is 0.222 e. The second-order valence-corrected chi connectivity index (χ2v) is 3.96. The Bertz CT molecular complexity index is 451. The van der Waals surface area contributed by atoms with Crippen molar-refractivity contribution in [1.82, 2.24) is 9.97 Å². The fourth-order valence-corrected chi connectivity index (χ4v) is 1.51. The molecule has 0 amide bonds. The van der Waals surface area contributed by atoms with Crippen molar-refractivity contribution < 1.29 is 0 Å². The summed E-state index contributed by atoms with van der Waals surface area (Å²) in [6, 6.07) is 10.1. The lowest BCUT2D eigenvalue weighted by Crippen LogP contribution is -2.06. The van der Waals surface area contributed by atoms with Gasteiger partial charge < -0.3 is 11.1 Å². The number of nitrogens with one attached hydrogen (secondary N) is 1. The minimum absolute atomic E-state index is 0.0782. The van der Waals surface area contributed by atoms with Gasteiger partial charge >= 0.3 is 0 Å². The van der Waals surface area contributed by atoms with Crippen LogP contribution in [0, 0.1) is 0 Å². The molecule has 0 fully saturated rings. The van der Waals surface area contributed by atoms with Crippen LogP contribution in [0.4, 0.5) is 5.95 Å². The largest absolute Gasteiger partial charge is 0.350 e. The van der Waals surface area contributed by atoms with E-state index in [1.54, 1.807) is 18.5 Å². The summed E-state index contributed by atoms with van der Waals surface area (Å²) in [7, 11) is 0. The van der Waals surface area contributed by atoms with Gasteiger partial charge in [0.15, 0.2) is 0 Å². The second kappa shape index (κ2) is 5.41. The van der Waals surface area contributed by atoms with Crippen LogP contribution in [0.2, 0.25) is 0 Å². The minimum Gasteiger partial charge on any atom is -0.350 e. The number of nitrogens with two attached hydrogens (primary N) is 1. The molecule has 0 saturated heterocycles. The molecular weight excluding hydrogens is 212 g/mol. The van der Waals surface area contributed by atoms with Crippen LogP contribution < -0.4 is 11.1 Å². The van der Waals surface area contributed by atoms with Crippen LogP contribution in [-0.2, 0) is 6.54 Å². The average molecular weight is 228 g/mol. The SMILES string of the molecule is CC(N)c1ccc(CNc2ncccn2)cc1. The number of anilines is 1. The van der Waals surface area contributed by atoms with Crippen LogP contribution >= 0.6 is 0 Å². The number of rotatable bonds is 4. The third-order valence-electron chi connectivity index (χ3n) is 2.52. The normalized spacial score (nSPS) is 12.1. The van der Waals surface area contributed by atoms with E-state index in [9.17, 15) is 0 Å². The summed E-state index contributed by atoms with van der Waals surface area (Å²) in [5.41, 5.74) is 8.12. The summed E-state index contributed by atoms with van der Waals surface area (Å²) in [4.78, 5) is 8.19. The smallest absolute Gasteiger partial charge is 0.222 e. The van der Waals surface area contributed by atoms with Gasteiger partial charge in [-0.3, -0.25) is 0 Å². The Morgan fingerprint density at radius 1 is 1.18 bits per heavy atom. The van der Waals surface area contributed by atoms with Crippen LogP contribution in [0.3, 0.4) is 0 Å². The molecule has 1 aromatic carbocycles. The highest BCUT2D eigenvalue weighted by Gasteiger charge is 1.99.